The second-order valence-corrected chi connectivity index (χ2v) is 6.35. The van der Waals surface area contributed by atoms with Crippen LogP contribution in [0.2, 0.25) is 5.02 Å². The average Bonchev–Trinajstić information content (AvgIpc) is 2.95. The van der Waals surface area contributed by atoms with Crippen molar-refractivity contribution < 1.29 is 4.79 Å². The first-order valence-electron chi connectivity index (χ1n) is 7.86. The number of nitriles is 1. The first-order valence-corrected chi connectivity index (χ1v) is 8.24. The molecule has 1 unspecified atom stereocenters. The zero-order valence-electron chi connectivity index (χ0n) is 13.6. The van der Waals surface area contributed by atoms with Gasteiger partial charge in [-0.25, -0.2) is 9.97 Å². The summed E-state index contributed by atoms with van der Waals surface area (Å²) in [7, 11) is 0. The fourth-order valence-corrected chi connectivity index (χ4v) is 3.38. The summed E-state index contributed by atoms with van der Waals surface area (Å²) in [6, 6.07) is 5.94. The van der Waals surface area contributed by atoms with Crippen LogP contribution in [-0.2, 0) is 19.3 Å². The zero-order valence-corrected chi connectivity index (χ0v) is 14.3. The van der Waals surface area contributed by atoms with Crippen molar-refractivity contribution in [3.8, 4) is 6.07 Å². The molecule has 0 bridgehead atoms. The van der Waals surface area contributed by atoms with E-state index >= 15 is 0 Å². The smallest absolute Gasteiger partial charge is 0.223 e. The topological polar surface area (TPSA) is 78.7 Å². The quantitative estimate of drug-likeness (QED) is 0.863. The fraction of sp³-hybridized carbons (Fsp3) is 0.333. The number of Topliss-reactive ketones (excluding diaryl/α,β-unsaturated/α-hetero) is 1. The lowest BCUT2D eigenvalue weighted by molar-refractivity contribution is 0.101. The van der Waals surface area contributed by atoms with Crippen LogP contribution in [0.4, 0.5) is 5.95 Å². The Morgan fingerprint density at radius 2 is 2.25 bits per heavy atom. The Hall–Kier alpha value is -2.45. The number of ketones is 1. The highest BCUT2D eigenvalue weighted by atomic mass is 35.5. The number of hydrogen-bond acceptors (Lipinski definition) is 5. The molecule has 0 fully saturated rings. The molecule has 0 amide bonds. The lowest BCUT2D eigenvalue weighted by Gasteiger charge is -2.13. The van der Waals surface area contributed by atoms with E-state index < -0.39 is 0 Å². The van der Waals surface area contributed by atoms with Gasteiger partial charge in [0.05, 0.1) is 22.9 Å². The van der Waals surface area contributed by atoms with Crippen LogP contribution < -0.4 is 5.32 Å². The van der Waals surface area contributed by atoms with Gasteiger partial charge in [0.15, 0.2) is 5.78 Å². The Kier molecular flexibility index (Phi) is 4.50. The molecule has 0 saturated carbocycles. The van der Waals surface area contributed by atoms with Gasteiger partial charge >= 0.3 is 0 Å². The highest BCUT2D eigenvalue weighted by Crippen LogP contribution is 2.30. The number of carbonyl (C=O) groups is 1. The molecule has 1 aromatic heterocycles. The Balaban J connectivity index is 1.82. The fourth-order valence-electron chi connectivity index (χ4n) is 3.14. The van der Waals surface area contributed by atoms with Crippen molar-refractivity contribution in [2.45, 2.75) is 39.2 Å². The summed E-state index contributed by atoms with van der Waals surface area (Å²) in [6.07, 6.45) is 3.75. The molecular weight excluding hydrogens is 324 g/mol. The van der Waals surface area contributed by atoms with Crippen molar-refractivity contribution in [3.63, 3.8) is 0 Å². The normalized spacial score (nSPS) is 15.7. The van der Waals surface area contributed by atoms with Gasteiger partial charge in [-0.15, -0.1) is 0 Å². The number of benzene rings is 1. The highest BCUT2D eigenvalue weighted by Gasteiger charge is 2.25. The molecule has 1 N–H and O–H groups in total. The Labute approximate surface area is 145 Å². The summed E-state index contributed by atoms with van der Waals surface area (Å²) in [5.74, 6) is 0.485. The van der Waals surface area contributed by atoms with Crippen LogP contribution in [0.1, 0.15) is 46.6 Å². The predicted molar refractivity (Wildman–Crippen MR) is 92.4 cm³/mol. The molecule has 122 valence electrons. The number of hydrogen-bond donors (Lipinski definition) is 1. The maximum absolute atomic E-state index is 11.6. The van der Waals surface area contributed by atoms with Gasteiger partial charge in [0.25, 0.3) is 0 Å². The lowest BCUT2D eigenvalue weighted by atomic mass is 10.0. The van der Waals surface area contributed by atoms with E-state index in [4.69, 9.17) is 11.6 Å². The Morgan fingerprint density at radius 3 is 2.92 bits per heavy atom. The number of aryl methyl sites for hydroxylation is 1. The van der Waals surface area contributed by atoms with Gasteiger partial charge < -0.3 is 5.32 Å². The standard InChI is InChI=1S/C18H17ClN4O/c1-3-17-16(10(2)24)9-21-18(23-17)22-14-6-11-4-13(19)5-12(8-20)15(11)7-14/h4-5,9,14H,3,6-7H2,1-2H3,(H,21,22,23). The molecule has 1 atom stereocenters. The minimum absolute atomic E-state index is 0.0278. The van der Waals surface area contributed by atoms with Gasteiger partial charge in [0.1, 0.15) is 0 Å². The monoisotopic (exact) mass is 340 g/mol. The molecule has 5 nitrogen and oxygen atoms in total. The van der Waals surface area contributed by atoms with Crippen LogP contribution in [0.15, 0.2) is 18.3 Å². The number of nitrogens with one attached hydrogen (secondary N) is 1. The maximum Gasteiger partial charge on any atom is 0.223 e. The molecule has 2 aromatic rings. The first kappa shape index (κ1) is 16.4. The van der Waals surface area contributed by atoms with Gasteiger partial charge in [-0.3, -0.25) is 4.79 Å². The third-order valence-corrected chi connectivity index (χ3v) is 4.48. The number of fused-ring (bicyclic) bond motifs is 1. The van der Waals surface area contributed by atoms with Crippen LogP contribution in [-0.4, -0.2) is 21.8 Å². The molecule has 24 heavy (non-hydrogen) atoms. The second kappa shape index (κ2) is 6.58. The maximum atomic E-state index is 11.6. The second-order valence-electron chi connectivity index (χ2n) is 5.92. The average molecular weight is 341 g/mol. The van der Waals surface area contributed by atoms with Crippen LogP contribution in [0.25, 0.3) is 0 Å². The molecule has 0 radical (unpaired) electrons. The van der Waals surface area contributed by atoms with E-state index in [1.807, 2.05) is 13.0 Å². The van der Waals surface area contributed by atoms with Crippen molar-refractivity contribution in [2.24, 2.45) is 0 Å². The Morgan fingerprint density at radius 1 is 1.46 bits per heavy atom. The molecule has 1 heterocycles. The summed E-state index contributed by atoms with van der Waals surface area (Å²) >= 11 is 6.07. The summed E-state index contributed by atoms with van der Waals surface area (Å²) in [5, 5.41) is 13.2. The molecular formula is C18H17ClN4O. The van der Waals surface area contributed by atoms with E-state index in [1.165, 1.54) is 6.92 Å². The van der Waals surface area contributed by atoms with E-state index in [-0.39, 0.29) is 11.8 Å². The zero-order chi connectivity index (χ0) is 17.3. The molecule has 0 aliphatic heterocycles. The minimum atomic E-state index is -0.0278. The van der Waals surface area contributed by atoms with E-state index in [0.29, 0.717) is 28.5 Å². The number of halogens is 1. The van der Waals surface area contributed by atoms with Crippen molar-refractivity contribution in [3.05, 3.63) is 51.3 Å². The molecule has 1 aliphatic carbocycles. The number of carbonyl (C=O) groups excluding carboxylic acids is 1. The number of anilines is 1. The van der Waals surface area contributed by atoms with E-state index in [0.717, 1.165) is 29.7 Å². The SMILES string of the molecule is CCc1nc(NC2Cc3cc(Cl)cc(C#N)c3C2)ncc1C(C)=O. The number of nitrogens with zero attached hydrogens (tertiary/aromatic N) is 3. The highest BCUT2D eigenvalue weighted by molar-refractivity contribution is 6.30. The summed E-state index contributed by atoms with van der Waals surface area (Å²) in [5.41, 5.74) is 4.07. The van der Waals surface area contributed by atoms with Crippen molar-refractivity contribution in [1.82, 2.24) is 9.97 Å². The van der Waals surface area contributed by atoms with Gasteiger partial charge in [-0.2, -0.15) is 5.26 Å². The third-order valence-electron chi connectivity index (χ3n) is 4.26. The minimum Gasteiger partial charge on any atom is -0.351 e. The summed E-state index contributed by atoms with van der Waals surface area (Å²) in [6.45, 7) is 3.48. The third kappa shape index (κ3) is 3.10. The van der Waals surface area contributed by atoms with Gasteiger partial charge in [0.2, 0.25) is 5.95 Å². The van der Waals surface area contributed by atoms with Crippen LogP contribution >= 0.6 is 11.6 Å². The van der Waals surface area contributed by atoms with Gasteiger partial charge in [0, 0.05) is 17.3 Å². The Bertz CT molecular complexity index is 857. The first-order chi connectivity index (χ1) is 11.5. The van der Waals surface area contributed by atoms with Crippen molar-refractivity contribution in [1.29, 1.82) is 5.26 Å². The summed E-state index contributed by atoms with van der Waals surface area (Å²) < 4.78 is 0. The summed E-state index contributed by atoms with van der Waals surface area (Å²) in [4.78, 5) is 20.3. The number of aromatic nitrogens is 2. The van der Waals surface area contributed by atoms with E-state index in [9.17, 15) is 10.1 Å². The molecule has 0 saturated heterocycles. The van der Waals surface area contributed by atoms with E-state index in [2.05, 4.69) is 21.4 Å². The van der Waals surface area contributed by atoms with Gasteiger partial charge in [-0.1, -0.05) is 18.5 Å². The molecule has 1 aromatic carbocycles. The van der Waals surface area contributed by atoms with Crippen molar-refractivity contribution in [2.75, 3.05) is 5.32 Å². The van der Waals surface area contributed by atoms with Crippen LogP contribution in [0.5, 0.6) is 0 Å². The van der Waals surface area contributed by atoms with E-state index in [1.54, 1.807) is 12.3 Å². The van der Waals surface area contributed by atoms with Crippen LogP contribution in [0.3, 0.4) is 0 Å². The lowest BCUT2D eigenvalue weighted by Crippen LogP contribution is -2.22. The van der Waals surface area contributed by atoms with Crippen LogP contribution in [0, 0.1) is 11.3 Å². The number of rotatable bonds is 4. The predicted octanol–water partition coefficient (Wildman–Crippen LogP) is 3.35. The van der Waals surface area contributed by atoms with Gasteiger partial charge in [-0.05, 0) is 49.4 Å². The molecule has 0 spiro atoms. The molecule has 1 aliphatic rings. The van der Waals surface area contributed by atoms with Crippen molar-refractivity contribution >= 4 is 23.3 Å². The molecule has 6 heteroatoms. The largest absolute Gasteiger partial charge is 0.351 e. The molecule has 3 rings (SSSR count).